The first-order valence-corrected chi connectivity index (χ1v) is 13.3. The molecule has 3 heterocycles. The number of H-pyrrole nitrogens is 1. The fourth-order valence-corrected chi connectivity index (χ4v) is 5.05. The summed E-state index contributed by atoms with van der Waals surface area (Å²) in [4.78, 5) is 18.0. The summed E-state index contributed by atoms with van der Waals surface area (Å²) in [6.45, 7) is 3.19. The Balaban J connectivity index is 1.41. The van der Waals surface area contributed by atoms with E-state index in [1.165, 1.54) is 5.56 Å². The molecule has 38 heavy (non-hydrogen) atoms. The monoisotopic (exact) mass is 527 g/mol. The lowest BCUT2D eigenvalue weighted by molar-refractivity contribution is 0.622. The smallest absolute Gasteiger partial charge is 0.290 e. The van der Waals surface area contributed by atoms with Crippen molar-refractivity contribution in [2.45, 2.75) is 52.1 Å². The second kappa shape index (κ2) is 12.0. The van der Waals surface area contributed by atoms with Gasteiger partial charge in [0.2, 0.25) is 0 Å². The molecule has 0 aliphatic rings. The molecule has 1 N–H and O–H groups in total. The number of hydrogen-bond donors (Lipinski definition) is 1. The number of nitrogens with one attached hydrogen (secondary N) is 1. The largest absolute Gasteiger partial charge is 0.329 e. The van der Waals surface area contributed by atoms with E-state index in [4.69, 9.17) is 11.6 Å². The van der Waals surface area contributed by atoms with E-state index >= 15 is 0 Å². The number of imidazole rings is 1. The van der Waals surface area contributed by atoms with E-state index in [9.17, 15) is 4.79 Å². The van der Waals surface area contributed by atoms with Crippen molar-refractivity contribution in [1.29, 1.82) is 0 Å². The molecule has 0 spiro atoms. The van der Waals surface area contributed by atoms with Crippen molar-refractivity contribution in [3.05, 3.63) is 105 Å². The first-order chi connectivity index (χ1) is 18.7. The Morgan fingerprint density at radius 3 is 2.45 bits per heavy atom. The van der Waals surface area contributed by atoms with Crippen LogP contribution < -0.4 is 5.69 Å². The SMILES string of the molecule is CCCCCc1c(Cl)n(CCc2ccccc2)c(=O)n1Cc1ccc(-c2cccnc2-c2nnn[nH]2)cc1. The molecule has 0 unspecified atom stereocenters. The first kappa shape index (κ1) is 25.6. The average Bonchev–Trinajstić information content (AvgIpc) is 3.57. The summed E-state index contributed by atoms with van der Waals surface area (Å²) < 4.78 is 3.56. The number of hydrogen-bond acceptors (Lipinski definition) is 5. The van der Waals surface area contributed by atoms with Crippen LogP contribution in [-0.2, 0) is 25.9 Å². The lowest BCUT2D eigenvalue weighted by atomic mass is 10.0. The van der Waals surface area contributed by atoms with Crippen molar-refractivity contribution >= 4 is 11.6 Å². The molecule has 5 aromatic rings. The van der Waals surface area contributed by atoms with Crippen molar-refractivity contribution in [2.24, 2.45) is 0 Å². The maximum atomic E-state index is 13.5. The third-order valence-corrected chi connectivity index (χ3v) is 7.15. The molecule has 0 bridgehead atoms. The van der Waals surface area contributed by atoms with Crippen LogP contribution in [0.5, 0.6) is 0 Å². The van der Waals surface area contributed by atoms with Crippen LogP contribution in [0.3, 0.4) is 0 Å². The Morgan fingerprint density at radius 1 is 0.895 bits per heavy atom. The van der Waals surface area contributed by atoms with Crippen LogP contribution in [-0.4, -0.2) is 34.7 Å². The summed E-state index contributed by atoms with van der Waals surface area (Å²) in [6.07, 6.45) is 6.46. The van der Waals surface area contributed by atoms with Gasteiger partial charge in [0.1, 0.15) is 10.8 Å². The van der Waals surface area contributed by atoms with Crippen molar-refractivity contribution < 1.29 is 0 Å². The van der Waals surface area contributed by atoms with Crippen molar-refractivity contribution in [1.82, 2.24) is 34.7 Å². The average molecular weight is 528 g/mol. The molecule has 0 aliphatic carbocycles. The van der Waals surface area contributed by atoms with E-state index in [0.29, 0.717) is 29.8 Å². The highest BCUT2D eigenvalue weighted by Crippen LogP contribution is 2.28. The number of aryl methyl sites for hydroxylation is 1. The molecule has 0 atom stereocenters. The number of aromatic nitrogens is 7. The predicted molar refractivity (Wildman–Crippen MR) is 149 cm³/mol. The molecule has 0 saturated heterocycles. The maximum absolute atomic E-state index is 13.5. The molecule has 3 aromatic heterocycles. The number of nitrogens with zero attached hydrogens (tertiary/aromatic N) is 6. The summed E-state index contributed by atoms with van der Waals surface area (Å²) in [5.41, 5.74) is 5.65. The number of rotatable bonds is 11. The minimum Gasteiger partial charge on any atom is -0.290 e. The third kappa shape index (κ3) is 5.60. The topological polar surface area (TPSA) is 94.3 Å². The zero-order valence-corrected chi connectivity index (χ0v) is 22.1. The highest BCUT2D eigenvalue weighted by Gasteiger charge is 2.19. The minimum absolute atomic E-state index is 0.0612. The van der Waals surface area contributed by atoms with E-state index in [1.807, 2.05) is 59.2 Å². The minimum atomic E-state index is -0.0612. The van der Waals surface area contributed by atoms with Crippen LogP contribution in [0.1, 0.15) is 43.0 Å². The van der Waals surface area contributed by atoms with Crippen LogP contribution in [0, 0.1) is 0 Å². The summed E-state index contributed by atoms with van der Waals surface area (Å²) in [5, 5.41) is 14.7. The van der Waals surface area contributed by atoms with Crippen LogP contribution in [0.15, 0.2) is 77.7 Å². The molecule has 9 heteroatoms. The van der Waals surface area contributed by atoms with Gasteiger partial charge in [0.15, 0.2) is 5.82 Å². The molecule has 0 fully saturated rings. The van der Waals surface area contributed by atoms with Gasteiger partial charge >= 0.3 is 5.69 Å². The van der Waals surface area contributed by atoms with Gasteiger partial charge in [-0.3, -0.25) is 14.1 Å². The van der Waals surface area contributed by atoms with E-state index in [0.717, 1.165) is 54.5 Å². The second-order valence-corrected chi connectivity index (χ2v) is 9.65. The number of unbranched alkanes of at least 4 members (excludes halogenated alkanes) is 2. The third-order valence-electron chi connectivity index (χ3n) is 6.73. The van der Waals surface area contributed by atoms with Gasteiger partial charge in [-0.15, -0.1) is 5.10 Å². The van der Waals surface area contributed by atoms with Crippen LogP contribution in [0.4, 0.5) is 0 Å². The number of tetrazole rings is 1. The van der Waals surface area contributed by atoms with Crippen LogP contribution in [0.25, 0.3) is 22.6 Å². The van der Waals surface area contributed by atoms with Crippen molar-refractivity contribution in [2.75, 3.05) is 0 Å². The number of aromatic amines is 1. The fourth-order valence-electron chi connectivity index (χ4n) is 4.69. The summed E-state index contributed by atoms with van der Waals surface area (Å²) >= 11 is 6.83. The lowest BCUT2D eigenvalue weighted by Crippen LogP contribution is -2.26. The first-order valence-electron chi connectivity index (χ1n) is 13.0. The quantitative estimate of drug-likeness (QED) is 0.227. The van der Waals surface area contributed by atoms with Gasteiger partial charge in [-0.05, 0) is 52.4 Å². The molecule has 5 rings (SSSR count). The number of benzene rings is 2. The predicted octanol–water partition coefficient (Wildman–Crippen LogP) is 5.57. The van der Waals surface area contributed by atoms with Gasteiger partial charge in [-0.2, -0.15) is 0 Å². The number of pyridine rings is 1. The van der Waals surface area contributed by atoms with Crippen molar-refractivity contribution in [3.63, 3.8) is 0 Å². The van der Waals surface area contributed by atoms with Gasteiger partial charge in [0.05, 0.1) is 12.2 Å². The van der Waals surface area contributed by atoms with Crippen LogP contribution >= 0.6 is 11.6 Å². The Labute approximate surface area is 226 Å². The van der Waals surface area contributed by atoms with E-state index in [2.05, 4.69) is 44.7 Å². The highest BCUT2D eigenvalue weighted by atomic mass is 35.5. The molecular formula is C29H30ClN7O. The molecular weight excluding hydrogens is 498 g/mol. The summed E-state index contributed by atoms with van der Waals surface area (Å²) in [7, 11) is 0. The molecule has 0 radical (unpaired) electrons. The van der Waals surface area contributed by atoms with E-state index in [1.54, 1.807) is 10.8 Å². The second-order valence-electron chi connectivity index (χ2n) is 9.30. The Morgan fingerprint density at radius 2 is 1.71 bits per heavy atom. The maximum Gasteiger partial charge on any atom is 0.329 e. The van der Waals surface area contributed by atoms with Crippen LogP contribution in [0.2, 0.25) is 5.15 Å². The molecule has 194 valence electrons. The molecule has 0 aliphatic heterocycles. The zero-order valence-electron chi connectivity index (χ0n) is 21.3. The zero-order chi connectivity index (χ0) is 26.3. The fraction of sp³-hybridized carbons (Fsp3) is 0.276. The Bertz CT molecular complexity index is 1520. The highest BCUT2D eigenvalue weighted by molar-refractivity contribution is 6.30. The van der Waals surface area contributed by atoms with Gasteiger partial charge < -0.3 is 0 Å². The molecule has 8 nitrogen and oxygen atoms in total. The molecule has 0 amide bonds. The van der Waals surface area contributed by atoms with Gasteiger partial charge in [-0.25, -0.2) is 9.89 Å². The molecule has 2 aromatic carbocycles. The van der Waals surface area contributed by atoms with Gasteiger partial charge in [0, 0.05) is 18.3 Å². The Hall–Kier alpha value is -4.04. The summed E-state index contributed by atoms with van der Waals surface area (Å²) in [6, 6.07) is 22.2. The van der Waals surface area contributed by atoms with E-state index in [-0.39, 0.29) is 5.69 Å². The van der Waals surface area contributed by atoms with Crippen molar-refractivity contribution in [3.8, 4) is 22.6 Å². The summed E-state index contributed by atoms with van der Waals surface area (Å²) in [5.74, 6) is 0.513. The lowest BCUT2D eigenvalue weighted by Gasteiger charge is -2.10. The van der Waals surface area contributed by atoms with Gasteiger partial charge in [0.25, 0.3) is 0 Å². The molecule has 0 saturated carbocycles. The Kier molecular flexibility index (Phi) is 8.09. The van der Waals surface area contributed by atoms with E-state index < -0.39 is 0 Å². The number of halogens is 1. The standard InChI is InChI=1S/C29H30ClN7O/c1-2-3-5-12-25-27(30)36(19-17-21-9-6-4-7-10-21)29(38)37(25)20-22-13-15-23(16-14-22)24-11-8-18-31-26(24)28-32-34-35-33-28/h4,6-11,13-16,18H,2-3,5,12,17,19-20H2,1H3,(H,32,33,34,35). The normalized spacial score (nSPS) is 11.2. The van der Waals surface area contributed by atoms with Gasteiger partial charge in [-0.1, -0.05) is 92.0 Å².